The van der Waals surface area contributed by atoms with Crippen molar-refractivity contribution in [2.24, 2.45) is 14.1 Å². The van der Waals surface area contributed by atoms with Crippen molar-refractivity contribution in [3.05, 3.63) is 51.4 Å². The molecule has 2 heterocycles. The molecular formula is C13H13N5O2. The molecule has 20 heavy (non-hydrogen) atoms. The van der Waals surface area contributed by atoms with Crippen LogP contribution in [0.3, 0.4) is 0 Å². The Hall–Kier alpha value is -2.83. The Morgan fingerprint density at radius 3 is 2.35 bits per heavy atom. The molecule has 0 atom stereocenters. The molecule has 2 N–H and O–H groups in total. The maximum absolute atomic E-state index is 12.3. The molecule has 0 aliphatic carbocycles. The van der Waals surface area contributed by atoms with Gasteiger partial charge in [-0.15, -0.1) is 0 Å². The molecule has 0 bridgehead atoms. The van der Waals surface area contributed by atoms with Gasteiger partial charge in [0.2, 0.25) is 0 Å². The summed E-state index contributed by atoms with van der Waals surface area (Å²) < 4.78 is 4.07. The van der Waals surface area contributed by atoms with Crippen molar-refractivity contribution in [1.29, 1.82) is 0 Å². The van der Waals surface area contributed by atoms with Crippen LogP contribution < -0.4 is 17.0 Å². The standard InChI is InChI=1S/C13H13N5O2/c1-16-11-10(12(19)17(2)13(16)20)18(7-15-11)9-5-3-8(14)4-6-9/h3-7H,14H2,1-2H3. The first-order valence-electron chi connectivity index (χ1n) is 5.99. The summed E-state index contributed by atoms with van der Waals surface area (Å²) in [5.41, 5.74) is 6.99. The van der Waals surface area contributed by atoms with E-state index < -0.39 is 5.69 Å². The number of anilines is 1. The minimum atomic E-state index is -0.398. The number of nitrogens with two attached hydrogens (primary N) is 1. The summed E-state index contributed by atoms with van der Waals surface area (Å²) in [6.07, 6.45) is 1.52. The SMILES string of the molecule is Cn1c(=O)c2c(ncn2-c2ccc(N)cc2)n(C)c1=O. The first kappa shape index (κ1) is 12.2. The van der Waals surface area contributed by atoms with Crippen LogP contribution in [0.25, 0.3) is 16.9 Å². The number of imidazole rings is 1. The number of aromatic nitrogens is 4. The molecular weight excluding hydrogens is 258 g/mol. The average molecular weight is 271 g/mol. The Morgan fingerprint density at radius 2 is 1.70 bits per heavy atom. The Labute approximate surface area is 113 Å². The normalized spacial score (nSPS) is 11.1. The number of hydrogen-bond donors (Lipinski definition) is 1. The van der Waals surface area contributed by atoms with Gasteiger partial charge in [-0.25, -0.2) is 9.78 Å². The highest BCUT2D eigenvalue weighted by molar-refractivity contribution is 5.72. The summed E-state index contributed by atoms with van der Waals surface area (Å²) in [7, 11) is 3.04. The third-order valence-corrected chi connectivity index (χ3v) is 3.32. The van der Waals surface area contributed by atoms with Gasteiger partial charge in [0.05, 0.1) is 0 Å². The summed E-state index contributed by atoms with van der Waals surface area (Å²) in [6.45, 7) is 0. The minimum Gasteiger partial charge on any atom is -0.399 e. The van der Waals surface area contributed by atoms with E-state index in [1.54, 1.807) is 35.9 Å². The highest BCUT2D eigenvalue weighted by atomic mass is 16.2. The van der Waals surface area contributed by atoms with Crippen LogP contribution in [0.15, 0.2) is 40.2 Å². The molecule has 7 heteroatoms. The number of benzene rings is 1. The zero-order valence-electron chi connectivity index (χ0n) is 11.1. The van der Waals surface area contributed by atoms with Crippen LogP contribution in [0, 0.1) is 0 Å². The Bertz CT molecular complexity index is 915. The second-order valence-electron chi connectivity index (χ2n) is 4.58. The van der Waals surface area contributed by atoms with Gasteiger partial charge in [-0.05, 0) is 24.3 Å². The number of aryl methyl sites for hydroxylation is 1. The van der Waals surface area contributed by atoms with Crippen LogP contribution in [0.5, 0.6) is 0 Å². The summed E-state index contributed by atoms with van der Waals surface area (Å²) in [6, 6.07) is 7.07. The molecule has 7 nitrogen and oxygen atoms in total. The van der Waals surface area contributed by atoms with Crippen molar-refractivity contribution in [3.63, 3.8) is 0 Å². The molecule has 0 spiro atoms. The second kappa shape index (κ2) is 4.09. The predicted octanol–water partition coefficient (Wildman–Crippen LogP) is 0.00510. The lowest BCUT2D eigenvalue weighted by Crippen LogP contribution is -2.37. The van der Waals surface area contributed by atoms with Crippen LogP contribution in [0.2, 0.25) is 0 Å². The molecule has 0 radical (unpaired) electrons. The molecule has 0 aliphatic rings. The van der Waals surface area contributed by atoms with Gasteiger partial charge >= 0.3 is 5.69 Å². The fourth-order valence-electron chi connectivity index (χ4n) is 2.18. The van der Waals surface area contributed by atoms with Crippen molar-refractivity contribution in [3.8, 4) is 5.69 Å². The van der Waals surface area contributed by atoms with Gasteiger partial charge in [-0.3, -0.25) is 18.5 Å². The van der Waals surface area contributed by atoms with E-state index in [4.69, 9.17) is 5.73 Å². The van der Waals surface area contributed by atoms with E-state index in [-0.39, 0.29) is 5.56 Å². The first-order chi connectivity index (χ1) is 9.50. The van der Waals surface area contributed by atoms with E-state index in [0.717, 1.165) is 10.3 Å². The summed E-state index contributed by atoms with van der Waals surface area (Å²) in [4.78, 5) is 28.3. The molecule has 0 aliphatic heterocycles. The number of nitrogen functional groups attached to an aromatic ring is 1. The van der Waals surface area contributed by atoms with Crippen molar-refractivity contribution in [2.45, 2.75) is 0 Å². The third kappa shape index (κ3) is 1.56. The summed E-state index contributed by atoms with van der Waals surface area (Å²) in [5.74, 6) is 0. The number of rotatable bonds is 1. The van der Waals surface area contributed by atoms with Gasteiger partial charge in [0.15, 0.2) is 11.2 Å². The zero-order valence-corrected chi connectivity index (χ0v) is 11.1. The van der Waals surface area contributed by atoms with Gasteiger partial charge in [0.1, 0.15) is 6.33 Å². The maximum Gasteiger partial charge on any atom is 0.332 e. The lowest BCUT2D eigenvalue weighted by atomic mass is 10.3. The lowest BCUT2D eigenvalue weighted by Gasteiger charge is -2.06. The van der Waals surface area contributed by atoms with Crippen LogP contribution in [0.1, 0.15) is 0 Å². The number of fused-ring (bicyclic) bond motifs is 1. The Kier molecular flexibility index (Phi) is 2.50. The summed E-state index contributed by atoms with van der Waals surface area (Å²) >= 11 is 0. The zero-order chi connectivity index (χ0) is 14.4. The van der Waals surface area contributed by atoms with Crippen molar-refractivity contribution < 1.29 is 0 Å². The van der Waals surface area contributed by atoms with Gasteiger partial charge in [-0.1, -0.05) is 0 Å². The molecule has 0 amide bonds. The second-order valence-corrected chi connectivity index (χ2v) is 4.58. The average Bonchev–Trinajstić information content (AvgIpc) is 2.88. The number of hydrogen-bond acceptors (Lipinski definition) is 4. The lowest BCUT2D eigenvalue weighted by molar-refractivity contribution is 0.707. The molecule has 3 aromatic rings. The summed E-state index contributed by atoms with van der Waals surface area (Å²) in [5, 5.41) is 0. The third-order valence-electron chi connectivity index (χ3n) is 3.32. The van der Waals surface area contributed by atoms with E-state index in [1.807, 2.05) is 0 Å². The fourth-order valence-corrected chi connectivity index (χ4v) is 2.18. The van der Waals surface area contributed by atoms with E-state index in [9.17, 15) is 9.59 Å². The number of nitrogens with zero attached hydrogens (tertiary/aromatic N) is 4. The minimum absolute atomic E-state index is 0.356. The largest absolute Gasteiger partial charge is 0.399 e. The van der Waals surface area contributed by atoms with E-state index >= 15 is 0 Å². The molecule has 0 saturated carbocycles. The smallest absolute Gasteiger partial charge is 0.332 e. The van der Waals surface area contributed by atoms with Gasteiger partial charge in [0.25, 0.3) is 5.56 Å². The molecule has 102 valence electrons. The molecule has 2 aromatic heterocycles. The van der Waals surface area contributed by atoms with Crippen molar-refractivity contribution in [1.82, 2.24) is 18.7 Å². The fraction of sp³-hybridized carbons (Fsp3) is 0.154. The van der Waals surface area contributed by atoms with E-state index in [2.05, 4.69) is 4.98 Å². The van der Waals surface area contributed by atoms with E-state index in [0.29, 0.717) is 16.9 Å². The Morgan fingerprint density at radius 1 is 1.05 bits per heavy atom. The van der Waals surface area contributed by atoms with Crippen LogP contribution >= 0.6 is 0 Å². The van der Waals surface area contributed by atoms with Crippen LogP contribution in [-0.2, 0) is 14.1 Å². The molecule has 0 saturated heterocycles. The molecule has 1 aromatic carbocycles. The predicted molar refractivity (Wildman–Crippen MR) is 76.0 cm³/mol. The maximum atomic E-state index is 12.3. The quantitative estimate of drug-likeness (QED) is 0.631. The molecule has 0 unspecified atom stereocenters. The monoisotopic (exact) mass is 271 g/mol. The van der Waals surface area contributed by atoms with Crippen LogP contribution in [0.4, 0.5) is 5.69 Å². The van der Waals surface area contributed by atoms with Gasteiger partial charge in [-0.2, -0.15) is 0 Å². The van der Waals surface area contributed by atoms with E-state index in [1.165, 1.54) is 17.9 Å². The van der Waals surface area contributed by atoms with Gasteiger partial charge < -0.3 is 5.73 Å². The first-order valence-corrected chi connectivity index (χ1v) is 5.99. The molecule has 3 rings (SSSR count). The van der Waals surface area contributed by atoms with Gasteiger partial charge in [0, 0.05) is 25.5 Å². The highest BCUT2D eigenvalue weighted by Crippen LogP contribution is 2.15. The Balaban J connectivity index is 2.43. The highest BCUT2D eigenvalue weighted by Gasteiger charge is 2.14. The van der Waals surface area contributed by atoms with Crippen molar-refractivity contribution >= 4 is 16.9 Å². The molecule has 0 fully saturated rings. The topological polar surface area (TPSA) is 87.8 Å². The van der Waals surface area contributed by atoms with Crippen molar-refractivity contribution in [2.75, 3.05) is 5.73 Å². The van der Waals surface area contributed by atoms with Crippen LogP contribution in [-0.4, -0.2) is 18.7 Å².